The van der Waals surface area contributed by atoms with Crippen molar-refractivity contribution in [2.45, 2.75) is 55.4 Å². The van der Waals surface area contributed by atoms with Crippen molar-refractivity contribution in [1.82, 2.24) is 0 Å². The molecule has 0 saturated carbocycles. The van der Waals surface area contributed by atoms with Crippen LogP contribution in [0.1, 0.15) is 52.7 Å². The van der Waals surface area contributed by atoms with Crippen molar-refractivity contribution >= 4 is 17.9 Å². The molecule has 2 aromatic rings. The molecule has 0 bridgehead atoms. The van der Waals surface area contributed by atoms with Gasteiger partial charge in [0, 0.05) is 20.8 Å². The first-order chi connectivity index (χ1) is 15.1. The van der Waals surface area contributed by atoms with Gasteiger partial charge in [-0.05, 0) is 34.6 Å². The number of hydrogen-bond donors (Lipinski definition) is 0. The fraction of sp³-hybridized carbons (Fsp3) is 0.423. The number of carbonyl (C=O) groups is 3. The predicted molar refractivity (Wildman–Crippen MR) is 129 cm³/mol. The van der Waals surface area contributed by atoms with Gasteiger partial charge in [0.05, 0.1) is 19.8 Å². The maximum Gasteiger partial charge on any atom is 0.302 e. The Bertz CT molecular complexity index is 608. The molecule has 0 aliphatic rings. The fourth-order valence-electron chi connectivity index (χ4n) is 1.68. The van der Waals surface area contributed by atoms with Gasteiger partial charge in [-0.15, -0.1) is 0 Å². The van der Waals surface area contributed by atoms with Gasteiger partial charge in [-0.3, -0.25) is 14.4 Å². The lowest BCUT2D eigenvalue weighted by atomic mass is 10.2. The van der Waals surface area contributed by atoms with E-state index in [9.17, 15) is 14.4 Å². The van der Waals surface area contributed by atoms with E-state index in [1.165, 1.54) is 31.9 Å². The first-order valence-electron chi connectivity index (χ1n) is 10.5. The quantitative estimate of drug-likeness (QED) is 0.443. The summed E-state index contributed by atoms with van der Waals surface area (Å²) in [6.45, 7) is 15.1. The largest absolute Gasteiger partial charge is 0.466 e. The molecule has 6 nitrogen and oxygen atoms in total. The highest BCUT2D eigenvalue weighted by Gasteiger charge is 1.82. The first kappa shape index (κ1) is 33.5. The van der Waals surface area contributed by atoms with Crippen LogP contribution >= 0.6 is 0 Å². The van der Waals surface area contributed by atoms with Crippen molar-refractivity contribution < 1.29 is 28.6 Å². The molecule has 0 unspecified atom stereocenters. The molecule has 2 rings (SSSR count). The van der Waals surface area contributed by atoms with Crippen molar-refractivity contribution in [2.75, 3.05) is 19.8 Å². The first-order valence-corrected chi connectivity index (χ1v) is 10.5. The maximum atomic E-state index is 9.82. The predicted octanol–water partition coefficient (Wildman–Crippen LogP) is 5.70. The number of hydrogen-bond acceptors (Lipinski definition) is 6. The highest BCUT2D eigenvalue weighted by Crippen LogP contribution is 1.92. The van der Waals surface area contributed by atoms with Gasteiger partial charge in [0.1, 0.15) is 0 Å². The molecule has 0 fully saturated rings. The van der Waals surface area contributed by atoms with E-state index in [2.05, 4.69) is 52.3 Å². The number of rotatable bonds is 3. The SMILES string of the molecule is CCOC(C)=O.CCOC(C)=O.CCOC(C)=O.Cc1ccccc1.Cc1ccccc1. The molecular weight excluding hydrogens is 408 g/mol. The van der Waals surface area contributed by atoms with Gasteiger partial charge in [-0.25, -0.2) is 0 Å². The number of carbonyl (C=O) groups excluding carboxylic acids is 3. The van der Waals surface area contributed by atoms with Crippen molar-refractivity contribution in [3.05, 3.63) is 71.8 Å². The smallest absolute Gasteiger partial charge is 0.302 e. The zero-order chi connectivity index (χ0) is 25.2. The minimum Gasteiger partial charge on any atom is -0.466 e. The molecule has 0 radical (unpaired) electrons. The van der Waals surface area contributed by atoms with E-state index in [0.717, 1.165) is 0 Å². The lowest BCUT2D eigenvalue weighted by molar-refractivity contribution is -0.141. The van der Waals surface area contributed by atoms with Gasteiger partial charge in [0.25, 0.3) is 0 Å². The zero-order valence-electron chi connectivity index (χ0n) is 20.8. The summed E-state index contributed by atoms with van der Waals surface area (Å²) in [5, 5.41) is 0. The van der Waals surface area contributed by atoms with Gasteiger partial charge >= 0.3 is 17.9 Å². The summed E-state index contributed by atoms with van der Waals surface area (Å²) in [5.41, 5.74) is 2.64. The third kappa shape index (κ3) is 37.6. The summed E-state index contributed by atoms with van der Waals surface area (Å²) in [4.78, 5) is 29.5. The Kier molecular flexibility index (Phi) is 27.1. The monoisotopic (exact) mass is 448 g/mol. The highest BCUT2D eigenvalue weighted by atomic mass is 16.5. The van der Waals surface area contributed by atoms with Crippen LogP contribution in [0.5, 0.6) is 0 Å². The maximum absolute atomic E-state index is 9.82. The Morgan fingerprint density at radius 2 is 0.750 bits per heavy atom. The van der Waals surface area contributed by atoms with Crippen molar-refractivity contribution in [3.8, 4) is 0 Å². The van der Waals surface area contributed by atoms with Crippen molar-refractivity contribution in [3.63, 3.8) is 0 Å². The van der Waals surface area contributed by atoms with E-state index in [-0.39, 0.29) is 17.9 Å². The lowest BCUT2D eigenvalue weighted by Gasteiger charge is -1.89. The van der Waals surface area contributed by atoms with Crippen LogP contribution in [0, 0.1) is 13.8 Å². The molecule has 0 heterocycles. The Hall–Kier alpha value is -3.15. The van der Waals surface area contributed by atoms with E-state index in [4.69, 9.17) is 0 Å². The van der Waals surface area contributed by atoms with Crippen LogP contribution in [0.15, 0.2) is 60.7 Å². The van der Waals surface area contributed by atoms with Crippen LogP contribution in [-0.2, 0) is 28.6 Å². The Morgan fingerprint density at radius 1 is 0.531 bits per heavy atom. The van der Waals surface area contributed by atoms with Crippen LogP contribution in [0.2, 0.25) is 0 Å². The standard InChI is InChI=1S/2C7H8.3C4H8O2/c2*1-7-5-3-2-4-6-7;3*1-3-6-4(2)5/h2*2-6H,1H3;3*3H2,1-2H3. The number of esters is 3. The zero-order valence-corrected chi connectivity index (χ0v) is 20.8. The molecule has 0 N–H and O–H groups in total. The summed E-state index contributed by atoms with van der Waals surface area (Å²) in [5.74, 6) is -0.632. The minimum atomic E-state index is -0.211. The summed E-state index contributed by atoms with van der Waals surface area (Å²) >= 11 is 0. The summed E-state index contributed by atoms with van der Waals surface area (Å²) in [6.07, 6.45) is 0. The second kappa shape index (κ2) is 25.9. The van der Waals surface area contributed by atoms with Crippen LogP contribution < -0.4 is 0 Å². The fourth-order valence-corrected chi connectivity index (χ4v) is 1.68. The molecule has 180 valence electrons. The summed E-state index contributed by atoms with van der Waals surface area (Å²) in [6, 6.07) is 20.5. The third-order valence-electron chi connectivity index (χ3n) is 2.92. The van der Waals surface area contributed by atoms with Crippen molar-refractivity contribution in [2.24, 2.45) is 0 Å². The molecule has 2 aromatic carbocycles. The molecule has 32 heavy (non-hydrogen) atoms. The second-order valence-corrected chi connectivity index (χ2v) is 6.08. The van der Waals surface area contributed by atoms with E-state index in [0.29, 0.717) is 19.8 Å². The van der Waals surface area contributed by atoms with E-state index in [1.54, 1.807) is 20.8 Å². The van der Waals surface area contributed by atoms with Gasteiger partial charge in [-0.1, -0.05) is 71.8 Å². The topological polar surface area (TPSA) is 78.9 Å². The molecule has 0 aromatic heterocycles. The minimum absolute atomic E-state index is 0.211. The molecule has 0 aliphatic heterocycles. The second-order valence-electron chi connectivity index (χ2n) is 6.08. The van der Waals surface area contributed by atoms with Crippen LogP contribution in [0.4, 0.5) is 0 Å². The van der Waals surface area contributed by atoms with E-state index >= 15 is 0 Å². The van der Waals surface area contributed by atoms with Crippen LogP contribution in [0.3, 0.4) is 0 Å². The average molecular weight is 449 g/mol. The van der Waals surface area contributed by atoms with Gasteiger partial charge in [0.15, 0.2) is 0 Å². The van der Waals surface area contributed by atoms with Crippen molar-refractivity contribution in [1.29, 1.82) is 0 Å². The van der Waals surface area contributed by atoms with E-state index in [1.807, 2.05) is 36.4 Å². The molecular formula is C26H40O6. The number of ether oxygens (including phenoxy) is 3. The van der Waals surface area contributed by atoms with Gasteiger partial charge in [-0.2, -0.15) is 0 Å². The lowest BCUT2D eigenvalue weighted by Crippen LogP contribution is -1.95. The molecule has 0 amide bonds. The normalized spacial score (nSPS) is 8.12. The average Bonchev–Trinajstić information content (AvgIpc) is 2.71. The summed E-state index contributed by atoms with van der Waals surface area (Å²) < 4.78 is 13.2. The summed E-state index contributed by atoms with van der Waals surface area (Å²) in [7, 11) is 0. The Balaban J connectivity index is -0.000000330. The molecule has 0 saturated heterocycles. The Morgan fingerprint density at radius 3 is 0.812 bits per heavy atom. The molecule has 0 aliphatic carbocycles. The van der Waals surface area contributed by atoms with Crippen LogP contribution in [-0.4, -0.2) is 37.7 Å². The molecule has 0 spiro atoms. The van der Waals surface area contributed by atoms with Crippen LogP contribution in [0.25, 0.3) is 0 Å². The Labute approximate surface area is 193 Å². The number of benzene rings is 2. The van der Waals surface area contributed by atoms with Gasteiger partial charge in [0.2, 0.25) is 0 Å². The third-order valence-corrected chi connectivity index (χ3v) is 2.92. The number of aryl methyl sites for hydroxylation is 2. The molecule has 6 heteroatoms. The molecule has 0 atom stereocenters. The van der Waals surface area contributed by atoms with E-state index < -0.39 is 0 Å². The highest BCUT2D eigenvalue weighted by molar-refractivity contribution is 5.66. The van der Waals surface area contributed by atoms with Gasteiger partial charge < -0.3 is 14.2 Å².